The van der Waals surface area contributed by atoms with Gasteiger partial charge in [0, 0.05) is 0 Å². The summed E-state index contributed by atoms with van der Waals surface area (Å²) in [7, 11) is 0. The number of hydrogen-bond acceptors (Lipinski definition) is 3. The van der Waals surface area contributed by atoms with Gasteiger partial charge in [0.05, 0.1) is 0 Å². The Morgan fingerprint density at radius 2 is 2.13 bits per heavy atom. The Labute approximate surface area is 95.1 Å². The molecule has 2 aromatic heterocycles. The minimum atomic E-state index is -0.866. The zero-order chi connectivity index (χ0) is 10.7. The standard InChI is InChI=1S/C11H8O2S2/c12-11(13)10-9(4-6-15-10)2-1-8-3-5-14-7-8/h1-7H,(H,12,13). The van der Waals surface area contributed by atoms with Crippen LogP contribution >= 0.6 is 22.7 Å². The maximum atomic E-state index is 10.8. The predicted molar refractivity (Wildman–Crippen MR) is 64.5 cm³/mol. The van der Waals surface area contributed by atoms with E-state index < -0.39 is 5.97 Å². The maximum absolute atomic E-state index is 10.8. The first-order chi connectivity index (χ1) is 7.27. The molecule has 1 N–H and O–H groups in total. The van der Waals surface area contributed by atoms with E-state index in [2.05, 4.69) is 0 Å². The highest BCUT2D eigenvalue weighted by Crippen LogP contribution is 2.19. The lowest BCUT2D eigenvalue weighted by atomic mass is 10.2. The van der Waals surface area contributed by atoms with Gasteiger partial charge in [0.2, 0.25) is 0 Å². The fourth-order valence-electron chi connectivity index (χ4n) is 1.18. The van der Waals surface area contributed by atoms with E-state index in [4.69, 9.17) is 5.11 Å². The van der Waals surface area contributed by atoms with Crippen molar-refractivity contribution in [2.24, 2.45) is 0 Å². The van der Waals surface area contributed by atoms with Crippen LogP contribution in [-0.2, 0) is 0 Å². The Balaban J connectivity index is 2.24. The summed E-state index contributed by atoms with van der Waals surface area (Å²) < 4.78 is 0. The molecule has 2 aromatic rings. The molecule has 0 fully saturated rings. The van der Waals surface area contributed by atoms with Crippen molar-refractivity contribution in [3.8, 4) is 0 Å². The Kier molecular flexibility index (Phi) is 2.99. The molecule has 0 saturated heterocycles. The summed E-state index contributed by atoms with van der Waals surface area (Å²) in [5.41, 5.74) is 1.86. The monoisotopic (exact) mass is 236 g/mol. The topological polar surface area (TPSA) is 37.3 Å². The second-order valence-corrected chi connectivity index (χ2v) is 4.60. The molecule has 0 aliphatic carbocycles. The van der Waals surface area contributed by atoms with E-state index in [1.807, 2.05) is 35.0 Å². The fourth-order valence-corrected chi connectivity index (χ4v) is 2.53. The predicted octanol–water partition coefficient (Wildman–Crippen LogP) is 3.68. The molecule has 0 saturated carbocycles. The number of carbonyl (C=O) groups is 1. The lowest BCUT2D eigenvalue weighted by Gasteiger charge is -1.90. The summed E-state index contributed by atoms with van der Waals surface area (Å²) in [5.74, 6) is -0.866. The normalized spacial score (nSPS) is 10.9. The third-order valence-electron chi connectivity index (χ3n) is 1.89. The minimum absolute atomic E-state index is 0.390. The molecule has 0 aliphatic rings. The molecule has 0 aliphatic heterocycles. The number of carboxylic acid groups (broad SMARTS) is 1. The Hall–Kier alpha value is -1.39. The van der Waals surface area contributed by atoms with Crippen molar-refractivity contribution in [3.05, 3.63) is 44.3 Å². The van der Waals surface area contributed by atoms with Gasteiger partial charge in [-0.05, 0) is 39.4 Å². The molecule has 2 nitrogen and oxygen atoms in total. The third kappa shape index (κ3) is 2.34. The van der Waals surface area contributed by atoms with Gasteiger partial charge >= 0.3 is 5.97 Å². The summed E-state index contributed by atoms with van der Waals surface area (Å²) in [6.45, 7) is 0. The lowest BCUT2D eigenvalue weighted by molar-refractivity contribution is 0.0702. The Morgan fingerprint density at radius 3 is 2.80 bits per heavy atom. The highest BCUT2D eigenvalue weighted by Gasteiger charge is 2.08. The molecule has 0 radical (unpaired) electrons. The number of carboxylic acids is 1. The average Bonchev–Trinajstić information content (AvgIpc) is 2.86. The maximum Gasteiger partial charge on any atom is 0.346 e. The largest absolute Gasteiger partial charge is 0.477 e. The molecule has 0 spiro atoms. The highest BCUT2D eigenvalue weighted by molar-refractivity contribution is 7.12. The quantitative estimate of drug-likeness (QED) is 0.882. The van der Waals surface area contributed by atoms with E-state index in [1.54, 1.807) is 16.7 Å². The van der Waals surface area contributed by atoms with Crippen molar-refractivity contribution in [3.63, 3.8) is 0 Å². The third-order valence-corrected chi connectivity index (χ3v) is 3.51. The Bertz CT molecular complexity index is 480. The second-order valence-electron chi connectivity index (χ2n) is 2.90. The van der Waals surface area contributed by atoms with E-state index in [1.165, 1.54) is 11.3 Å². The van der Waals surface area contributed by atoms with Gasteiger partial charge in [0.25, 0.3) is 0 Å². The average molecular weight is 236 g/mol. The van der Waals surface area contributed by atoms with Crippen molar-refractivity contribution in [1.29, 1.82) is 0 Å². The molecule has 0 amide bonds. The van der Waals surface area contributed by atoms with Crippen LogP contribution in [0.4, 0.5) is 0 Å². The van der Waals surface area contributed by atoms with Gasteiger partial charge in [-0.25, -0.2) is 4.79 Å². The molecule has 0 bridgehead atoms. The van der Waals surface area contributed by atoms with Crippen LogP contribution in [-0.4, -0.2) is 11.1 Å². The number of aromatic carboxylic acids is 1. The van der Waals surface area contributed by atoms with Crippen molar-refractivity contribution in [1.82, 2.24) is 0 Å². The zero-order valence-corrected chi connectivity index (χ0v) is 9.35. The van der Waals surface area contributed by atoms with Gasteiger partial charge in [0.15, 0.2) is 0 Å². The molecule has 2 rings (SSSR count). The molecule has 2 heterocycles. The van der Waals surface area contributed by atoms with Crippen molar-refractivity contribution >= 4 is 40.8 Å². The van der Waals surface area contributed by atoms with Gasteiger partial charge in [-0.3, -0.25) is 0 Å². The molecule has 15 heavy (non-hydrogen) atoms. The minimum Gasteiger partial charge on any atom is -0.477 e. The second kappa shape index (κ2) is 4.42. The van der Waals surface area contributed by atoms with E-state index in [0.29, 0.717) is 4.88 Å². The molecular formula is C11H8O2S2. The van der Waals surface area contributed by atoms with E-state index in [0.717, 1.165) is 11.1 Å². The van der Waals surface area contributed by atoms with Crippen molar-refractivity contribution < 1.29 is 9.90 Å². The van der Waals surface area contributed by atoms with Crippen molar-refractivity contribution in [2.45, 2.75) is 0 Å². The van der Waals surface area contributed by atoms with Gasteiger partial charge in [-0.1, -0.05) is 12.2 Å². The summed E-state index contributed by atoms with van der Waals surface area (Å²) >= 11 is 2.87. The molecule has 0 atom stereocenters. The fraction of sp³-hybridized carbons (Fsp3) is 0. The number of rotatable bonds is 3. The number of hydrogen-bond donors (Lipinski definition) is 1. The van der Waals surface area contributed by atoms with Crippen LogP contribution in [0.1, 0.15) is 20.8 Å². The molecule has 0 aromatic carbocycles. The van der Waals surface area contributed by atoms with Gasteiger partial charge < -0.3 is 5.11 Å². The van der Waals surface area contributed by atoms with Gasteiger partial charge in [-0.15, -0.1) is 11.3 Å². The zero-order valence-electron chi connectivity index (χ0n) is 7.71. The van der Waals surface area contributed by atoms with Gasteiger partial charge in [0.1, 0.15) is 4.88 Å². The van der Waals surface area contributed by atoms with Crippen LogP contribution in [0.5, 0.6) is 0 Å². The van der Waals surface area contributed by atoms with E-state index in [-0.39, 0.29) is 0 Å². The lowest BCUT2D eigenvalue weighted by Crippen LogP contribution is -1.93. The molecular weight excluding hydrogens is 228 g/mol. The van der Waals surface area contributed by atoms with Crippen LogP contribution in [0, 0.1) is 0 Å². The molecule has 76 valence electrons. The smallest absolute Gasteiger partial charge is 0.346 e. The van der Waals surface area contributed by atoms with Crippen molar-refractivity contribution in [2.75, 3.05) is 0 Å². The molecule has 4 heteroatoms. The number of thiophene rings is 2. The molecule has 0 unspecified atom stereocenters. The first-order valence-electron chi connectivity index (χ1n) is 4.28. The summed E-state index contributed by atoms with van der Waals surface area (Å²) in [4.78, 5) is 11.2. The summed E-state index contributed by atoms with van der Waals surface area (Å²) in [6, 6.07) is 3.81. The SMILES string of the molecule is O=C(O)c1sccc1C=Cc1ccsc1. The van der Waals surface area contributed by atoms with E-state index >= 15 is 0 Å². The van der Waals surface area contributed by atoms with Crippen LogP contribution < -0.4 is 0 Å². The van der Waals surface area contributed by atoms with Crippen LogP contribution in [0.25, 0.3) is 12.2 Å². The first kappa shape index (κ1) is 10.1. The Morgan fingerprint density at radius 1 is 1.27 bits per heavy atom. The first-order valence-corrected chi connectivity index (χ1v) is 6.10. The van der Waals surface area contributed by atoms with Crippen LogP contribution in [0.2, 0.25) is 0 Å². The van der Waals surface area contributed by atoms with E-state index in [9.17, 15) is 4.79 Å². The summed E-state index contributed by atoms with van der Waals surface area (Å²) in [6.07, 6.45) is 3.76. The van der Waals surface area contributed by atoms with Gasteiger partial charge in [-0.2, -0.15) is 11.3 Å². The van der Waals surface area contributed by atoms with Crippen LogP contribution in [0.3, 0.4) is 0 Å². The highest BCUT2D eigenvalue weighted by atomic mass is 32.1. The van der Waals surface area contributed by atoms with Crippen LogP contribution in [0.15, 0.2) is 28.3 Å². The summed E-state index contributed by atoms with van der Waals surface area (Å²) in [5, 5.41) is 14.7.